The van der Waals surface area contributed by atoms with E-state index in [9.17, 15) is 9.90 Å². The van der Waals surface area contributed by atoms with Gasteiger partial charge in [-0.2, -0.15) is 0 Å². The number of likely N-dealkylation sites (N-methyl/N-ethyl adjacent to an activating group) is 2. The molecule has 4 rings (SSSR count). The first kappa shape index (κ1) is 29.6. The van der Waals surface area contributed by atoms with Gasteiger partial charge in [-0.1, -0.05) is 12.1 Å². The van der Waals surface area contributed by atoms with Gasteiger partial charge in [-0.25, -0.2) is 9.97 Å². The molecule has 11 heteroatoms. The zero-order chi connectivity index (χ0) is 27.5. The van der Waals surface area contributed by atoms with Crippen LogP contribution in [0.15, 0.2) is 24.3 Å². The molecule has 2 aliphatic heterocycles. The molecule has 4 N–H and O–H groups in total. The maximum absolute atomic E-state index is 12.0. The molecule has 1 aromatic carbocycles. The van der Waals surface area contributed by atoms with Gasteiger partial charge < -0.3 is 35.4 Å². The third-order valence-corrected chi connectivity index (χ3v) is 6.49. The van der Waals surface area contributed by atoms with Gasteiger partial charge in [0.15, 0.2) is 5.82 Å². The van der Waals surface area contributed by atoms with E-state index >= 15 is 0 Å². The monoisotopic (exact) mass is 529 g/mol. The van der Waals surface area contributed by atoms with Crippen LogP contribution in [0.2, 0.25) is 0 Å². The van der Waals surface area contributed by atoms with Gasteiger partial charge >= 0.3 is 0 Å². The number of amides is 1. The molecule has 2 aromatic rings. The molecule has 0 bridgehead atoms. The van der Waals surface area contributed by atoms with E-state index in [0.29, 0.717) is 30.5 Å². The van der Waals surface area contributed by atoms with Crippen LogP contribution in [0.25, 0.3) is 11.4 Å². The van der Waals surface area contributed by atoms with Crippen LogP contribution < -0.4 is 20.7 Å². The van der Waals surface area contributed by atoms with Crippen molar-refractivity contribution in [1.82, 2.24) is 25.1 Å². The Morgan fingerprint density at radius 3 is 2.53 bits per heavy atom. The summed E-state index contributed by atoms with van der Waals surface area (Å²) < 4.78 is 10.7. The molecule has 0 radical (unpaired) electrons. The number of aliphatic hydroxyl groups is 1. The molecule has 1 aromatic heterocycles. The number of rotatable bonds is 9. The molecule has 2 saturated heterocycles. The lowest BCUT2D eigenvalue weighted by Gasteiger charge is -2.36. The van der Waals surface area contributed by atoms with Crippen LogP contribution in [-0.2, 0) is 9.53 Å². The summed E-state index contributed by atoms with van der Waals surface area (Å²) in [4.78, 5) is 27.3. The number of benzene rings is 1. The number of nitrogen functional groups attached to an aromatic ring is 1. The third-order valence-electron chi connectivity index (χ3n) is 6.49. The Labute approximate surface area is 225 Å². The number of piperazine rings is 1. The van der Waals surface area contributed by atoms with Crippen molar-refractivity contribution in [3.8, 4) is 17.1 Å². The van der Waals surface area contributed by atoms with Crippen molar-refractivity contribution in [2.45, 2.75) is 25.9 Å². The number of nitrogens with zero attached hydrogens (tertiary/aromatic N) is 5. The number of hydrogen-bond donors (Lipinski definition) is 3. The zero-order valence-electron chi connectivity index (χ0n) is 23.2. The maximum atomic E-state index is 12.0. The van der Waals surface area contributed by atoms with E-state index in [1.165, 1.54) is 12.8 Å². The third kappa shape index (κ3) is 8.80. The van der Waals surface area contributed by atoms with E-state index in [0.717, 1.165) is 56.3 Å². The fourth-order valence-corrected chi connectivity index (χ4v) is 4.13. The molecular weight excluding hydrogens is 486 g/mol. The largest absolute Gasteiger partial charge is 0.491 e. The van der Waals surface area contributed by atoms with Crippen LogP contribution in [0.4, 0.5) is 11.6 Å². The number of aromatic nitrogens is 2. The van der Waals surface area contributed by atoms with Gasteiger partial charge in [0.05, 0.1) is 6.54 Å². The summed E-state index contributed by atoms with van der Waals surface area (Å²) >= 11 is 0. The number of carbonyl (C=O) groups is 1. The molecule has 1 amide bonds. The Hall–Kier alpha value is -2.99. The average molecular weight is 530 g/mol. The standard InChI is InChI=1S/C23H35N7O3.C4H8O/c1-16-21(24)26-22(17-6-5-7-19(12-17)33-15-18(31)13-25-2)27-23(16)30-10-8-29(9-11-30)14-20(32)28(3)4;1-2-4-5-3-1/h5-7,12,18,25,31H,8-11,13-15H2,1-4H3,(H2,24,26,27);1-4H2. The second-order valence-electron chi connectivity index (χ2n) is 9.80. The molecule has 2 fully saturated rings. The van der Waals surface area contributed by atoms with Crippen LogP contribution >= 0.6 is 0 Å². The predicted molar refractivity (Wildman–Crippen MR) is 149 cm³/mol. The van der Waals surface area contributed by atoms with Gasteiger partial charge in [0, 0.05) is 71.2 Å². The number of carbonyl (C=O) groups excluding carboxylic acids is 1. The lowest BCUT2D eigenvalue weighted by Crippen LogP contribution is -2.49. The average Bonchev–Trinajstić information content (AvgIpc) is 3.50. The van der Waals surface area contributed by atoms with Crippen molar-refractivity contribution < 1.29 is 19.4 Å². The van der Waals surface area contributed by atoms with E-state index < -0.39 is 6.10 Å². The first-order chi connectivity index (χ1) is 18.3. The van der Waals surface area contributed by atoms with Crippen molar-refractivity contribution in [2.24, 2.45) is 0 Å². The van der Waals surface area contributed by atoms with Gasteiger partial charge in [-0.05, 0) is 38.9 Å². The first-order valence-electron chi connectivity index (χ1n) is 13.2. The zero-order valence-corrected chi connectivity index (χ0v) is 23.2. The molecule has 210 valence electrons. The molecule has 1 atom stereocenters. The fourth-order valence-electron chi connectivity index (χ4n) is 4.13. The van der Waals surface area contributed by atoms with Gasteiger partial charge in [-0.15, -0.1) is 0 Å². The highest BCUT2D eigenvalue weighted by Crippen LogP contribution is 2.28. The minimum absolute atomic E-state index is 0.105. The molecule has 3 heterocycles. The molecule has 38 heavy (non-hydrogen) atoms. The van der Waals surface area contributed by atoms with E-state index in [-0.39, 0.29) is 12.5 Å². The van der Waals surface area contributed by atoms with Gasteiger partial charge in [0.1, 0.15) is 30.1 Å². The highest BCUT2D eigenvalue weighted by molar-refractivity contribution is 5.77. The van der Waals surface area contributed by atoms with E-state index in [1.807, 2.05) is 31.2 Å². The Morgan fingerprint density at radius 2 is 1.92 bits per heavy atom. The molecule has 0 aliphatic carbocycles. The van der Waals surface area contributed by atoms with Crippen LogP contribution in [-0.4, -0.2) is 117 Å². The summed E-state index contributed by atoms with van der Waals surface area (Å²) in [6, 6.07) is 7.47. The van der Waals surface area contributed by atoms with Gasteiger partial charge in [0.25, 0.3) is 0 Å². The Kier molecular flexibility index (Phi) is 11.5. The minimum atomic E-state index is -0.594. The second-order valence-corrected chi connectivity index (χ2v) is 9.80. The number of nitrogens with two attached hydrogens (primary N) is 1. The lowest BCUT2D eigenvalue weighted by molar-refractivity contribution is -0.129. The topological polar surface area (TPSA) is 129 Å². The van der Waals surface area contributed by atoms with Crippen LogP contribution in [0.1, 0.15) is 18.4 Å². The molecule has 11 nitrogen and oxygen atoms in total. The number of anilines is 2. The van der Waals surface area contributed by atoms with Crippen molar-refractivity contribution in [1.29, 1.82) is 0 Å². The first-order valence-corrected chi connectivity index (χ1v) is 13.2. The smallest absolute Gasteiger partial charge is 0.236 e. The molecule has 0 spiro atoms. The van der Waals surface area contributed by atoms with Crippen molar-refractivity contribution in [3.63, 3.8) is 0 Å². The van der Waals surface area contributed by atoms with E-state index in [4.69, 9.17) is 20.2 Å². The highest BCUT2D eigenvalue weighted by atomic mass is 16.5. The second kappa shape index (κ2) is 14.8. The fraction of sp³-hybridized carbons (Fsp3) is 0.593. The van der Waals surface area contributed by atoms with Crippen LogP contribution in [0, 0.1) is 6.92 Å². The van der Waals surface area contributed by atoms with Crippen molar-refractivity contribution >= 4 is 17.5 Å². The lowest BCUT2D eigenvalue weighted by atomic mass is 10.1. The quantitative estimate of drug-likeness (QED) is 0.433. The summed E-state index contributed by atoms with van der Waals surface area (Å²) in [5.74, 6) is 2.52. The Balaban J connectivity index is 0.000000715. The minimum Gasteiger partial charge on any atom is -0.491 e. The Bertz CT molecular complexity index is 1020. The summed E-state index contributed by atoms with van der Waals surface area (Å²) in [5, 5.41) is 12.8. The summed E-state index contributed by atoms with van der Waals surface area (Å²) in [5.41, 5.74) is 7.89. The van der Waals surface area contributed by atoms with Gasteiger partial charge in [-0.3, -0.25) is 9.69 Å². The molecule has 1 unspecified atom stereocenters. The molecule has 2 aliphatic rings. The van der Waals surface area contributed by atoms with Crippen molar-refractivity contribution in [3.05, 3.63) is 29.8 Å². The van der Waals surface area contributed by atoms with E-state index in [1.54, 1.807) is 26.0 Å². The number of hydrogen-bond acceptors (Lipinski definition) is 10. The van der Waals surface area contributed by atoms with Crippen LogP contribution in [0.5, 0.6) is 5.75 Å². The number of nitrogens with one attached hydrogen (secondary N) is 1. The number of ether oxygens (including phenoxy) is 2. The van der Waals surface area contributed by atoms with Crippen LogP contribution in [0.3, 0.4) is 0 Å². The maximum Gasteiger partial charge on any atom is 0.236 e. The highest BCUT2D eigenvalue weighted by Gasteiger charge is 2.23. The summed E-state index contributed by atoms with van der Waals surface area (Å²) in [7, 11) is 5.33. The Morgan fingerprint density at radius 1 is 1.21 bits per heavy atom. The predicted octanol–water partition coefficient (Wildman–Crippen LogP) is 1.00. The van der Waals surface area contributed by atoms with Crippen molar-refractivity contribution in [2.75, 3.05) is 90.9 Å². The molecular formula is C27H43N7O4. The number of aliphatic hydroxyl groups excluding tert-OH is 1. The van der Waals surface area contributed by atoms with E-state index in [2.05, 4.69) is 20.1 Å². The molecule has 0 saturated carbocycles. The summed E-state index contributed by atoms with van der Waals surface area (Å²) in [6.45, 7) is 8.05. The van der Waals surface area contributed by atoms with Gasteiger partial charge in [0.2, 0.25) is 5.91 Å². The summed E-state index contributed by atoms with van der Waals surface area (Å²) in [6.07, 6.45) is 1.96. The normalized spacial score (nSPS) is 16.5. The SMILES string of the molecule is C1CCOC1.CNCC(O)COc1cccc(-c2nc(N)c(C)c(N3CCN(CC(=O)N(C)C)CC3)n2)c1.